The van der Waals surface area contributed by atoms with Crippen molar-refractivity contribution >= 4 is 5.97 Å². The molecule has 3 nitrogen and oxygen atoms in total. The maximum Gasteiger partial charge on any atom is 0.303 e. The van der Waals surface area contributed by atoms with Gasteiger partial charge < -0.3 is 10.4 Å². The molecule has 0 amide bonds. The summed E-state index contributed by atoms with van der Waals surface area (Å²) < 4.78 is 0. The number of hydrogen-bond donors (Lipinski definition) is 2. The van der Waals surface area contributed by atoms with Crippen LogP contribution in [0, 0.1) is 5.41 Å². The Morgan fingerprint density at radius 3 is 2.50 bits per heavy atom. The smallest absolute Gasteiger partial charge is 0.303 e. The topological polar surface area (TPSA) is 49.3 Å². The Hall–Kier alpha value is -0.570. The molecule has 0 saturated heterocycles. The van der Waals surface area contributed by atoms with Crippen LogP contribution < -0.4 is 5.32 Å². The van der Waals surface area contributed by atoms with Crippen LogP contribution in [0.1, 0.15) is 59.3 Å². The maximum atomic E-state index is 10.3. The highest BCUT2D eigenvalue weighted by Crippen LogP contribution is 2.22. The highest BCUT2D eigenvalue weighted by molar-refractivity contribution is 5.66. The molecule has 0 radical (unpaired) electrons. The van der Waals surface area contributed by atoms with Crippen LogP contribution in [-0.4, -0.2) is 24.2 Å². The third-order valence-corrected chi connectivity index (χ3v) is 2.80. The quantitative estimate of drug-likeness (QED) is 0.566. The predicted octanol–water partition coefficient (Wildman–Crippen LogP) is 3.05. The molecular formula is C13H27NO2. The maximum absolute atomic E-state index is 10.3. The zero-order valence-electron chi connectivity index (χ0n) is 11.0. The van der Waals surface area contributed by atoms with Gasteiger partial charge in [0.1, 0.15) is 0 Å². The fourth-order valence-corrected chi connectivity index (χ4v) is 1.73. The van der Waals surface area contributed by atoms with E-state index in [0.29, 0.717) is 5.41 Å². The van der Waals surface area contributed by atoms with Crippen molar-refractivity contribution in [3.8, 4) is 0 Å². The first-order valence-electron chi connectivity index (χ1n) is 6.40. The van der Waals surface area contributed by atoms with Gasteiger partial charge in [-0.05, 0) is 24.8 Å². The van der Waals surface area contributed by atoms with Crippen molar-refractivity contribution in [2.24, 2.45) is 5.41 Å². The van der Waals surface area contributed by atoms with E-state index in [-0.39, 0.29) is 6.42 Å². The number of rotatable bonds is 10. The lowest BCUT2D eigenvalue weighted by Gasteiger charge is -2.25. The summed E-state index contributed by atoms with van der Waals surface area (Å²) in [5.41, 5.74) is 0.332. The molecule has 0 bridgehead atoms. The van der Waals surface area contributed by atoms with E-state index in [2.05, 4.69) is 26.1 Å². The van der Waals surface area contributed by atoms with E-state index in [1.54, 1.807) is 0 Å². The molecule has 0 aliphatic carbocycles. The standard InChI is InChI=1S/C13H27NO2/c1-4-5-6-9-13(2,3)11-14-10-7-8-12(15)16/h14H,4-11H2,1-3H3,(H,15,16). The minimum atomic E-state index is -0.705. The Balaban J connectivity index is 3.46. The van der Waals surface area contributed by atoms with Gasteiger partial charge in [0.15, 0.2) is 0 Å². The molecule has 0 fully saturated rings. The van der Waals surface area contributed by atoms with Crippen LogP contribution in [0.25, 0.3) is 0 Å². The molecule has 0 aromatic carbocycles. The summed E-state index contributed by atoms with van der Waals surface area (Å²) in [6.45, 7) is 8.55. The van der Waals surface area contributed by atoms with Crippen LogP contribution in [0.4, 0.5) is 0 Å². The van der Waals surface area contributed by atoms with Crippen LogP contribution in [-0.2, 0) is 4.79 Å². The first-order valence-corrected chi connectivity index (χ1v) is 6.40. The summed E-state index contributed by atoms with van der Waals surface area (Å²) in [5.74, 6) is -0.705. The van der Waals surface area contributed by atoms with Gasteiger partial charge in [-0.1, -0.05) is 40.0 Å². The van der Waals surface area contributed by atoms with Crippen LogP contribution in [0.3, 0.4) is 0 Å². The summed E-state index contributed by atoms with van der Waals surface area (Å²) in [6, 6.07) is 0. The molecule has 0 saturated carbocycles. The number of hydrogen-bond acceptors (Lipinski definition) is 2. The molecular weight excluding hydrogens is 202 g/mol. The van der Waals surface area contributed by atoms with E-state index in [1.165, 1.54) is 25.7 Å². The van der Waals surface area contributed by atoms with Crippen molar-refractivity contribution in [1.29, 1.82) is 0 Å². The molecule has 96 valence electrons. The number of nitrogens with one attached hydrogen (secondary N) is 1. The fraction of sp³-hybridized carbons (Fsp3) is 0.923. The molecule has 3 heteroatoms. The number of carbonyl (C=O) groups is 1. The van der Waals surface area contributed by atoms with E-state index in [4.69, 9.17) is 5.11 Å². The second-order valence-electron chi connectivity index (χ2n) is 5.30. The van der Waals surface area contributed by atoms with Gasteiger partial charge in [0, 0.05) is 13.0 Å². The molecule has 0 heterocycles. The van der Waals surface area contributed by atoms with Crippen molar-refractivity contribution in [3.05, 3.63) is 0 Å². The van der Waals surface area contributed by atoms with E-state index in [0.717, 1.165) is 19.5 Å². The van der Waals surface area contributed by atoms with Crippen molar-refractivity contribution in [2.45, 2.75) is 59.3 Å². The second kappa shape index (κ2) is 8.57. The summed E-state index contributed by atoms with van der Waals surface area (Å²) >= 11 is 0. The van der Waals surface area contributed by atoms with Gasteiger partial charge in [-0.2, -0.15) is 0 Å². The molecule has 0 aromatic heterocycles. The van der Waals surface area contributed by atoms with Gasteiger partial charge in [-0.25, -0.2) is 0 Å². The summed E-state index contributed by atoms with van der Waals surface area (Å²) in [7, 11) is 0. The Morgan fingerprint density at radius 1 is 1.25 bits per heavy atom. The third-order valence-electron chi connectivity index (χ3n) is 2.80. The molecule has 0 aromatic rings. The molecule has 2 N–H and O–H groups in total. The lowest BCUT2D eigenvalue weighted by molar-refractivity contribution is -0.137. The van der Waals surface area contributed by atoms with Crippen molar-refractivity contribution in [2.75, 3.05) is 13.1 Å². The molecule has 0 aliphatic rings. The highest BCUT2D eigenvalue weighted by Gasteiger charge is 2.16. The van der Waals surface area contributed by atoms with Gasteiger partial charge in [-0.3, -0.25) is 4.79 Å². The van der Waals surface area contributed by atoms with E-state index < -0.39 is 5.97 Å². The van der Waals surface area contributed by atoms with E-state index in [1.807, 2.05) is 0 Å². The Morgan fingerprint density at radius 2 is 1.94 bits per heavy atom. The zero-order chi connectivity index (χ0) is 12.4. The largest absolute Gasteiger partial charge is 0.481 e. The average Bonchev–Trinajstić information content (AvgIpc) is 2.16. The number of carboxylic acids is 1. The van der Waals surface area contributed by atoms with Crippen LogP contribution >= 0.6 is 0 Å². The van der Waals surface area contributed by atoms with E-state index in [9.17, 15) is 4.79 Å². The van der Waals surface area contributed by atoms with E-state index >= 15 is 0 Å². The minimum Gasteiger partial charge on any atom is -0.481 e. The number of unbranched alkanes of at least 4 members (excludes halogenated alkanes) is 2. The summed E-state index contributed by atoms with van der Waals surface area (Å²) in [4.78, 5) is 10.3. The molecule has 16 heavy (non-hydrogen) atoms. The zero-order valence-corrected chi connectivity index (χ0v) is 11.0. The van der Waals surface area contributed by atoms with Gasteiger partial charge >= 0.3 is 5.97 Å². The van der Waals surface area contributed by atoms with Crippen molar-refractivity contribution in [3.63, 3.8) is 0 Å². The lowest BCUT2D eigenvalue weighted by Crippen LogP contribution is -2.30. The number of carboxylic acid groups (broad SMARTS) is 1. The monoisotopic (exact) mass is 229 g/mol. The predicted molar refractivity (Wildman–Crippen MR) is 67.7 cm³/mol. The molecule has 0 unspecified atom stereocenters. The normalized spacial score (nSPS) is 11.7. The third kappa shape index (κ3) is 9.97. The van der Waals surface area contributed by atoms with Crippen molar-refractivity contribution < 1.29 is 9.90 Å². The van der Waals surface area contributed by atoms with Crippen LogP contribution in [0.15, 0.2) is 0 Å². The van der Waals surface area contributed by atoms with Crippen molar-refractivity contribution in [1.82, 2.24) is 5.32 Å². The Labute approximate surface area is 99.6 Å². The number of aliphatic carboxylic acids is 1. The van der Waals surface area contributed by atoms with Gasteiger partial charge in [0.05, 0.1) is 0 Å². The fourth-order valence-electron chi connectivity index (χ4n) is 1.73. The minimum absolute atomic E-state index is 0.267. The molecule has 0 aliphatic heterocycles. The van der Waals surface area contributed by atoms with Gasteiger partial charge in [0.2, 0.25) is 0 Å². The second-order valence-corrected chi connectivity index (χ2v) is 5.30. The van der Waals surface area contributed by atoms with Crippen LogP contribution in [0.5, 0.6) is 0 Å². The summed E-state index contributed by atoms with van der Waals surface area (Å²) in [5, 5.41) is 11.8. The van der Waals surface area contributed by atoms with Gasteiger partial charge in [0.25, 0.3) is 0 Å². The molecule has 0 rings (SSSR count). The summed E-state index contributed by atoms with van der Waals surface area (Å²) in [6.07, 6.45) is 6.10. The molecule has 0 atom stereocenters. The first kappa shape index (κ1) is 15.4. The first-order chi connectivity index (χ1) is 7.48. The van der Waals surface area contributed by atoms with Crippen LogP contribution in [0.2, 0.25) is 0 Å². The highest BCUT2D eigenvalue weighted by atomic mass is 16.4. The SMILES string of the molecule is CCCCCC(C)(C)CNCCCC(=O)O. The Bertz CT molecular complexity index is 190. The lowest BCUT2D eigenvalue weighted by atomic mass is 9.87. The average molecular weight is 229 g/mol. The van der Waals surface area contributed by atoms with Gasteiger partial charge in [-0.15, -0.1) is 0 Å². The Kier molecular flexibility index (Phi) is 8.26. The molecule has 0 spiro atoms.